The van der Waals surface area contributed by atoms with Crippen LogP contribution in [0.2, 0.25) is 0 Å². The number of hydrogen-bond acceptors (Lipinski definition) is 4. The molecule has 0 spiro atoms. The van der Waals surface area contributed by atoms with Crippen LogP contribution >= 0.6 is 0 Å². The van der Waals surface area contributed by atoms with E-state index in [4.69, 9.17) is 5.73 Å². The minimum absolute atomic E-state index is 0.00648. The number of anilines is 1. The molecular weight excluding hydrogens is 194 g/mol. The van der Waals surface area contributed by atoms with Crippen molar-refractivity contribution in [2.24, 2.45) is 0 Å². The lowest BCUT2D eigenvalue weighted by molar-refractivity contribution is 0.101. The maximum Gasteiger partial charge on any atom is 0.350 e. The molecule has 2 N–H and O–H groups in total. The second kappa shape index (κ2) is 3.49. The van der Waals surface area contributed by atoms with Crippen molar-refractivity contribution in [3.8, 4) is 0 Å². The van der Waals surface area contributed by atoms with Crippen molar-refractivity contribution >= 4 is 11.6 Å². The Balaban J connectivity index is 3.51. The van der Waals surface area contributed by atoms with Gasteiger partial charge in [0.1, 0.15) is 5.82 Å². The normalized spacial score (nSPS) is 11.5. The van der Waals surface area contributed by atoms with Crippen LogP contribution in [0.4, 0.5) is 5.82 Å². The van der Waals surface area contributed by atoms with Crippen molar-refractivity contribution in [3.63, 3.8) is 0 Å². The summed E-state index contributed by atoms with van der Waals surface area (Å²) in [6.07, 6.45) is 1.47. The maximum atomic E-state index is 11.5. The van der Waals surface area contributed by atoms with Gasteiger partial charge in [0.15, 0.2) is 5.78 Å². The molecule has 0 fully saturated rings. The van der Waals surface area contributed by atoms with Crippen LogP contribution in [-0.4, -0.2) is 15.3 Å². The van der Waals surface area contributed by atoms with Crippen LogP contribution in [0.25, 0.3) is 0 Å². The molecule has 0 unspecified atom stereocenters. The molecule has 0 amide bonds. The second-order valence-electron chi connectivity index (χ2n) is 4.42. The van der Waals surface area contributed by atoms with Gasteiger partial charge < -0.3 is 5.73 Å². The number of carbonyl (C=O) groups excluding carboxylic acids is 1. The first kappa shape index (κ1) is 11.4. The zero-order valence-corrected chi connectivity index (χ0v) is 9.37. The van der Waals surface area contributed by atoms with Gasteiger partial charge in [-0.2, -0.15) is 4.98 Å². The Hall–Kier alpha value is -1.65. The van der Waals surface area contributed by atoms with Gasteiger partial charge in [0.25, 0.3) is 0 Å². The number of hydrogen-bond donors (Lipinski definition) is 1. The predicted octanol–water partition coefficient (Wildman–Crippen LogP) is 0.783. The van der Waals surface area contributed by atoms with Gasteiger partial charge in [0.2, 0.25) is 0 Å². The summed E-state index contributed by atoms with van der Waals surface area (Å²) in [5.74, 6) is -0.203. The summed E-state index contributed by atoms with van der Waals surface area (Å²) in [4.78, 5) is 26.4. The molecule has 0 atom stereocenters. The third-order valence-electron chi connectivity index (χ3n) is 2.06. The number of nitrogen functional groups attached to an aromatic ring is 1. The largest absolute Gasteiger partial charge is 0.383 e. The molecule has 5 nitrogen and oxygen atoms in total. The standard InChI is InChI=1S/C10H15N3O2/c1-6(14)7-5-13(10(2,3)4)9(15)12-8(7)11/h5H,1-4H3,(H2,11,12,15). The van der Waals surface area contributed by atoms with Crippen LogP contribution in [-0.2, 0) is 5.54 Å². The Kier molecular flexibility index (Phi) is 2.66. The quantitative estimate of drug-likeness (QED) is 0.693. The maximum absolute atomic E-state index is 11.5. The van der Waals surface area contributed by atoms with Crippen molar-refractivity contribution in [1.29, 1.82) is 0 Å². The van der Waals surface area contributed by atoms with Crippen molar-refractivity contribution in [3.05, 3.63) is 22.2 Å². The average Bonchev–Trinajstić information content (AvgIpc) is 2.00. The van der Waals surface area contributed by atoms with Crippen molar-refractivity contribution in [2.45, 2.75) is 33.2 Å². The smallest absolute Gasteiger partial charge is 0.350 e. The SMILES string of the molecule is CC(=O)c1cn(C(C)(C)C)c(=O)nc1N. The molecule has 1 rings (SSSR count). The van der Waals surface area contributed by atoms with Gasteiger partial charge in [-0.25, -0.2) is 4.79 Å². The lowest BCUT2D eigenvalue weighted by Gasteiger charge is -2.22. The van der Waals surface area contributed by atoms with E-state index in [9.17, 15) is 9.59 Å². The topological polar surface area (TPSA) is 78.0 Å². The van der Waals surface area contributed by atoms with Crippen molar-refractivity contribution in [2.75, 3.05) is 5.73 Å². The molecule has 15 heavy (non-hydrogen) atoms. The third kappa shape index (κ3) is 2.23. The van der Waals surface area contributed by atoms with E-state index in [-0.39, 0.29) is 17.2 Å². The van der Waals surface area contributed by atoms with Gasteiger partial charge in [0.05, 0.1) is 5.56 Å². The summed E-state index contributed by atoms with van der Waals surface area (Å²) < 4.78 is 1.40. The fraction of sp³-hybridized carbons (Fsp3) is 0.500. The summed E-state index contributed by atoms with van der Waals surface area (Å²) >= 11 is 0. The summed E-state index contributed by atoms with van der Waals surface area (Å²) in [7, 11) is 0. The molecule has 1 heterocycles. The Bertz CT molecular complexity index is 455. The van der Waals surface area contributed by atoms with E-state index in [1.54, 1.807) is 0 Å². The van der Waals surface area contributed by atoms with Gasteiger partial charge in [-0.3, -0.25) is 9.36 Å². The molecule has 0 bridgehead atoms. The zero-order chi connectivity index (χ0) is 11.8. The summed E-state index contributed by atoms with van der Waals surface area (Å²) in [6, 6.07) is 0. The molecule has 0 radical (unpaired) electrons. The van der Waals surface area contributed by atoms with E-state index in [2.05, 4.69) is 4.98 Å². The van der Waals surface area contributed by atoms with Crippen LogP contribution < -0.4 is 11.4 Å². The highest BCUT2D eigenvalue weighted by molar-refractivity contribution is 5.97. The highest BCUT2D eigenvalue weighted by Gasteiger charge is 2.18. The molecule has 0 saturated carbocycles. The molecule has 1 aromatic rings. The van der Waals surface area contributed by atoms with Crippen molar-refractivity contribution < 1.29 is 4.79 Å². The van der Waals surface area contributed by atoms with Gasteiger partial charge in [0, 0.05) is 11.7 Å². The van der Waals surface area contributed by atoms with E-state index in [1.165, 1.54) is 17.7 Å². The molecule has 0 aliphatic rings. The molecule has 0 aliphatic heterocycles. The number of nitrogens with zero attached hydrogens (tertiary/aromatic N) is 2. The summed E-state index contributed by atoms with van der Waals surface area (Å²) in [5, 5.41) is 0. The van der Waals surface area contributed by atoms with E-state index < -0.39 is 11.2 Å². The second-order valence-corrected chi connectivity index (χ2v) is 4.42. The van der Waals surface area contributed by atoms with Crippen LogP contribution in [0.1, 0.15) is 38.1 Å². The third-order valence-corrected chi connectivity index (χ3v) is 2.06. The van der Waals surface area contributed by atoms with Crippen molar-refractivity contribution in [1.82, 2.24) is 9.55 Å². The van der Waals surface area contributed by atoms with Gasteiger partial charge in [-0.1, -0.05) is 0 Å². The minimum atomic E-state index is -0.440. The molecule has 5 heteroatoms. The lowest BCUT2D eigenvalue weighted by Crippen LogP contribution is -2.36. The minimum Gasteiger partial charge on any atom is -0.383 e. The molecule has 0 saturated heterocycles. The van der Waals surface area contributed by atoms with Gasteiger partial charge in [-0.05, 0) is 27.7 Å². The molecule has 0 aromatic carbocycles. The van der Waals surface area contributed by atoms with E-state index in [0.29, 0.717) is 0 Å². The summed E-state index contributed by atoms with van der Waals surface area (Å²) in [5.41, 5.74) is 4.92. The monoisotopic (exact) mass is 209 g/mol. The average molecular weight is 209 g/mol. The predicted molar refractivity (Wildman–Crippen MR) is 57.9 cm³/mol. The Labute approximate surface area is 87.9 Å². The molecular formula is C10H15N3O2. The van der Waals surface area contributed by atoms with Crippen LogP contribution in [0.3, 0.4) is 0 Å². The number of rotatable bonds is 1. The fourth-order valence-corrected chi connectivity index (χ4v) is 1.22. The summed E-state index contributed by atoms with van der Waals surface area (Å²) in [6.45, 7) is 6.97. The highest BCUT2D eigenvalue weighted by Crippen LogP contribution is 2.13. The van der Waals surface area contributed by atoms with E-state index in [0.717, 1.165) is 0 Å². The first-order valence-electron chi connectivity index (χ1n) is 4.64. The first-order chi connectivity index (χ1) is 6.73. The Morgan fingerprint density at radius 1 is 1.47 bits per heavy atom. The first-order valence-corrected chi connectivity index (χ1v) is 4.64. The van der Waals surface area contributed by atoms with E-state index in [1.807, 2.05) is 20.8 Å². The van der Waals surface area contributed by atoms with Gasteiger partial charge in [-0.15, -0.1) is 0 Å². The Morgan fingerprint density at radius 3 is 2.40 bits per heavy atom. The fourth-order valence-electron chi connectivity index (χ4n) is 1.22. The number of Topliss-reactive ketones (excluding diaryl/α,β-unsaturated/α-hetero) is 1. The lowest BCUT2D eigenvalue weighted by atomic mass is 10.1. The van der Waals surface area contributed by atoms with E-state index >= 15 is 0 Å². The van der Waals surface area contributed by atoms with Crippen LogP contribution in [0.5, 0.6) is 0 Å². The van der Waals surface area contributed by atoms with Gasteiger partial charge >= 0.3 is 5.69 Å². The molecule has 0 aliphatic carbocycles. The number of nitrogens with two attached hydrogens (primary N) is 1. The number of ketones is 1. The molecule has 82 valence electrons. The zero-order valence-electron chi connectivity index (χ0n) is 9.37. The number of carbonyl (C=O) groups is 1. The highest BCUT2D eigenvalue weighted by atomic mass is 16.1. The van der Waals surface area contributed by atoms with Crippen LogP contribution in [0, 0.1) is 0 Å². The molecule has 1 aromatic heterocycles. The Morgan fingerprint density at radius 2 is 2.00 bits per heavy atom. The van der Waals surface area contributed by atoms with Crippen LogP contribution in [0.15, 0.2) is 11.0 Å². The number of aromatic nitrogens is 2.